The number of carbonyl (C=O) groups excluding carboxylic acids is 2. The van der Waals surface area contributed by atoms with Gasteiger partial charge in [-0.1, -0.05) is 50.5 Å². The maximum Gasteiger partial charge on any atom is 0.240 e. The van der Waals surface area contributed by atoms with Gasteiger partial charge in [0.2, 0.25) is 17.7 Å². The first-order valence-electron chi connectivity index (χ1n) is 9.14. The van der Waals surface area contributed by atoms with Crippen LogP contribution in [0.15, 0.2) is 28.8 Å². The molecular formula is C20H27ClN4O3. The van der Waals surface area contributed by atoms with Gasteiger partial charge in [-0.15, -0.1) is 0 Å². The smallest absolute Gasteiger partial charge is 0.240 e. The highest BCUT2D eigenvalue weighted by Crippen LogP contribution is 2.23. The van der Waals surface area contributed by atoms with Crippen LogP contribution in [0.4, 0.5) is 11.6 Å². The van der Waals surface area contributed by atoms with Crippen molar-refractivity contribution in [3.8, 4) is 0 Å². The molecule has 0 fully saturated rings. The summed E-state index contributed by atoms with van der Waals surface area (Å²) < 4.78 is 5.17. The Morgan fingerprint density at radius 2 is 1.79 bits per heavy atom. The molecule has 0 atom stereocenters. The lowest BCUT2D eigenvalue weighted by molar-refractivity contribution is -0.120. The molecule has 2 N–H and O–H groups in total. The quantitative estimate of drug-likeness (QED) is 0.729. The van der Waals surface area contributed by atoms with Gasteiger partial charge in [-0.25, -0.2) is 0 Å². The molecule has 152 valence electrons. The maximum absolute atomic E-state index is 12.3. The normalized spacial score (nSPS) is 11.5. The number of anilines is 2. The van der Waals surface area contributed by atoms with E-state index in [0.29, 0.717) is 23.1 Å². The largest absolute Gasteiger partial charge is 0.338 e. The first kappa shape index (κ1) is 21.9. The second kappa shape index (κ2) is 9.21. The lowest BCUT2D eigenvalue weighted by atomic mass is 9.92. The molecule has 1 aromatic carbocycles. The van der Waals surface area contributed by atoms with Crippen molar-refractivity contribution in [3.63, 3.8) is 0 Å². The molecule has 0 saturated heterocycles. The topological polar surface area (TPSA) is 87.5 Å². The number of nitrogens with zero attached hydrogens (tertiary/aromatic N) is 2. The number of carbonyl (C=O) groups is 2. The van der Waals surface area contributed by atoms with Crippen molar-refractivity contribution in [1.29, 1.82) is 0 Å². The Morgan fingerprint density at radius 1 is 1.14 bits per heavy atom. The highest BCUT2D eigenvalue weighted by Gasteiger charge is 2.20. The van der Waals surface area contributed by atoms with E-state index in [4.69, 9.17) is 16.1 Å². The summed E-state index contributed by atoms with van der Waals surface area (Å²) >= 11 is 5.98. The molecule has 8 heteroatoms. The number of hydrogen-bond donors (Lipinski definition) is 2. The third-order valence-corrected chi connectivity index (χ3v) is 4.43. The van der Waals surface area contributed by atoms with E-state index in [1.165, 1.54) is 0 Å². The third kappa shape index (κ3) is 6.35. The zero-order valence-electron chi connectivity index (χ0n) is 16.9. The molecule has 2 aromatic rings. The van der Waals surface area contributed by atoms with E-state index >= 15 is 0 Å². The number of nitrogens with one attached hydrogen (secondary N) is 2. The predicted octanol–water partition coefficient (Wildman–Crippen LogP) is 3.83. The second-order valence-electron chi connectivity index (χ2n) is 7.69. The van der Waals surface area contributed by atoms with Gasteiger partial charge in [-0.2, -0.15) is 0 Å². The van der Waals surface area contributed by atoms with Crippen molar-refractivity contribution < 1.29 is 14.1 Å². The van der Waals surface area contributed by atoms with Crippen LogP contribution in [0.5, 0.6) is 0 Å². The second-order valence-corrected chi connectivity index (χ2v) is 8.12. The molecule has 1 heterocycles. The molecule has 28 heavy (non-hydrogen) atoms. The van der Waals surface area contributed by atoms with Crippen LogP contribution in [0, 0.1) is 6.92 Å². The van der Waals surface area contributed by atoms with E-state index in [2.05, 4.69) is 15.8 Å². The minimum atomic E-state index is -0.273. The van der Waals surface area contributed by atoms with E-state index in [1.807, 2.05) is 40.7 Å². The zero-order chi connectivity index (χ0) is 20.9. The minimum absolute atomic E-state index is 0.0595. The van der Waals surface area contributed by atoms with Crippen molar-refractivity contribution >= 4 is 35.0 Å². The first-order valence-corrected chi connectivity index (χ1v) is 9.51. The van der Waals surface area contributed by atoms with E-state index in [9.17, 15) is 9.59 Å². The molecule has 0 radical (unpaired) electrons. The highest BCUT2D eigenvalue weighted by molar-refractivity contribution is 6.31. The summed E-state index contributed by atoms with van der Waals surface area (Å²) in [5.74, 6) is -0.190. The predicted molar refractivity (Wildman–Crippen MR) is 111 cm³/mol. The molecule has 0 unspecified atom stereocenters. The lowest BCUT2D eigenvalue weighted by Crippen LogP contribution is -2.38. The number of likely N-dealkylation sites (N-methyl/N-ethyl adjacent to an activating group) is 1. The highest BCUT2D eigenvalue weighted by atomic mass is 35.5. The van der Waals surface area contributed by atoms with Crippen molar-refractivity contribution in [2.45, 2.75) is 40.0 Å². The average molecular weight is 407 g/mol. The summed E-state index contributed by atoms with van der Waals surface area (Å²) in [5.41, 5.74) is 2.16. The van der Waals surface area contributed by atoms with Crippen LogP contribution in [0.1, 0.15) is 39.0 Å². The molecular weight excluding hydrogens is 380 g/mol. The van der Waals surface area contributed by atoms with Gasteiger partial charge in [-0.05, 0) is 31.2 Å². The van der Waals surface area contributed by atoms with Crippen molar-refractivity contribution in [2.75, 3.05) is 30.3 Å². The van der Waals surface area contributed by atoms with Crippen LogP contribution >= 0.6 is 11.6 Å². The van der Waals surface area contributed by atoms with Gasteiger partial charge in [0.05, 0.1) is 18.8 Å². The number of aryl methyl sites for hydroxylation is 1. The SMILES string of the molecule is CCN(CC(=O)Nc1cc(C(C)(C)C)no1)CC(=O)Nc1cc(Cl)ccc1C. The summed E-state index contributed by atoms with van der Waals surface area (Å²) in [4.78, 5) is 26.4. The third-order valence-electron chi connectivity index (χ3n) is 4.20. The summed E-state index contributed by atoms with van der Waals surface area (Å²) in [7, 11) is 0. The maximum atomic E-state index is 12.3. The Morgan fingerprint density at radius 3 is 2.36 bits per heavy atom. The van der Waals surface area contributed by atoms with E-state index < -0.39 is 0 Å². The summed E-state index contributed by atoms with van der Waals surface area (Å²) in [5, 5.41) is 10.0. The Balaban J connectivity index is 1.90. The van der Waals surface area contributed by atoms with Gasteiger partial charge in [0.15, 0.2) is 0 Å². The fraction of sp³-hybridized carbons (Fsp3) is 0.450. The van der Waals surface area contributed by atoms with Crippen LogP contribution in [-0.4, -0.2) is 41.5 Å². The molecule has 0 aliphatic carbocycles. The monoisotopic (exact) mass is 406 g/mol. The van der Waals surface area contributed by atoms with Gasteiger partial charge >= 0.3 is 0 Å². The van der Waals surface area contributed by atoms with Crippen LogP contribution in [0.2, 0.25) is 5.02 Å². The molecule has 2 rings (SSSR count). The number of rotatable bonds is 7. The Bertz CT molecular complexity index is 842. The summed E-state index contributed by atoms with van der Waals surface area (Å²) in [6, 6.07) is 7.02. The standard InChI is InChI=1S/C20H27ClN4O3/c1-6-25(11-17(26)22-15-9-14(21)8-7-13(15)2)12-18(27)23-19-10-16(24-28-19)20(3,4)5/h7-10H,6,11-12H2,1-5H3,(H,22,26)(H,23,27). The van der Waals surface area contributed by atoms with E-state index in [-0.39, 0.29) is 30.3 Å². The molecule has 7 nitrogen and oxygen atoms in total. The Hall–Kier alpha value is -2.38. The number of hydrogen-bond acceptors (Lipinski definition) is 5. The molecule has 1 aromatic heterocycles. The zero-order valence-corrected chi connectivity index (χ0v) is 17.7. The van der Waals surface area contributed by atoms with Gasteiger partial charge in [-0.3, -0.25) is 19.8 Å². The van der Waals surface area contributed by atoms with Gasteiger partial charge in [0.25, 0.3) is 0 Å². The molecule has 0 aliphatic heterocycles. The molecule has 0 aliphatic rings. The van der Waals surface area contributed by atoms with Gasteiger partial charge < -0.3 is 9.84 Å². The van der Waals surface area contributed by atoms with Crippen molar-refractivity contribution in [3.05, 3.63) is 40.5 Å². The molecule has 0 spiro atoms. The van der Waals surface area contributed by atoms with Crippen LogP contribution in [-0.2, 0) is 15.0 Å². The first-order chi connectivity index (χ1) is 13.1. The van der Waals surface area contributed by atoms with Gasteiger partial charge in [0, 0.05) is 22.2 Å². The van der Waals surface area contributed by atoms with E-state index in [0.717, 1.165) is 11.3 Å². The summed E-state index contributed by atoms with van der Waals surface area (Å²) in [6.45, 7) is 10.5. The van der Waals surface area contributed by atoms with Crippen LogP contribution in [0.3, 0.4) is 0 Å². The fourth-order valence-corrected chi connectivity index (χ4v) is 2.64. The van der Waals surface area contributed by atoms with E-state index in [1.54, 1.807) is 23.1 Å². The lowest BCUT2D eigenvalue weighted by Gasteiger charge is -2.19. The van der Waals surface area contributed by atoms with Crippen molar-refractivity contribution in [1.82, 2.24) is 10.1 Å². The summed E-state index contributed by atoms with van der Waals surface area (Å²) in [6.07, 6.45) is 0. The van der Waals surface area contributed by atoms with Gasteiger partial charge in [0.1, 0.15) is 0 Å². The number of amides is 2. The number of aromatic nitrogens is 1. The number of halogens is 1. The molecule has 2 amide bonds. The average Bonchev–Trinajstić information content (AvgIpc) is 3.06. The van der Waals surface area contributed by atoms with Crippen LogP contribution in [0.25, 0.3) is 0 Å². The Labute approximate surface area is 170 Å². The minimum Gasteiger partial charge on any atom is -0.338 e. The Kier molecular flexibility index (Phi) is 7.21. The molecule has 0 bridgehead atoms. The number of benzene rings is 1. The fourth-order valence-electron chi connectivity index (χ4n) is 2.47. The van der Waals surface area contributed by atoms with Crippen molar-refractivity contribution in [2.24, 2.45) is 0 Å². The van der Waals surface area contributed by atoms with Crippen LogP contribution < -0.4 is 10.6 Å². The molecule has 0 saturated carbocycles.